The van der Waals surface area contributed by atoms with Crippen molar-refractivity contribution in [2.45, 2.75) is 82.1 Å². The lowest BCUT2D eigenvalue weighted by atomic mass is 9.75. The molecular formula is C72H73N4O12P. The normalized spacial score (nSPS) is 16.1. The summed E-state index contributed by atoms with van der Waals surface area (Å²) < 4.78 is 59.6. The van der Waals surface area contributed by atoms with Gasteiger partial charge in [0.2, 0.25) is 0 Å². The van der Waals surface area contributed by atoms with Crippen molar-refractivity contribution in [2.24, 2.45) is 0 Å². The van der Waals surface area contributed by atoms with Crippen LogP contribution in [0, 0.1) is 11.3 Å². The number of carbonyl (C=O) groups excluding carboxylic acids is 3. The monoisotopic (exact) mass is 1220 g/mol. The fraction of sp³-hybridized carbons (Fsp3) is 0.278. The van der Waals surface area contributed by atoms with Gasteiger partial charge in [0.1, 0.15) is 46.0 Å². The van der Waals surface area contributed by atoms with Gasteiger partial charge in [0.05, 0.1) is 77.5 Å². The van der Waals surface area contributed by atoms with Crippen LogP contribution in [0.25, 0.3) is 0 Å². The fourth-order valence-electron chi connectivity index (χ4n) is 12.0. The van der Waals surface area contributed by atoms with E-state index < -0.39 is 55.7 Å². The fourth-order valence-corrected chi connectivity index (χ4v) is 13.7. The van der Waals surface area contributed by atoms with E-state index in [1.807, 2.05) is 152 Å². The molecule has 16 nitrogen and oxygen atoms in total. The maximum absolute atomic E-state index is 16.5. The molecule has 2 heterocycles. The van der Waals surface area contributed by atoms with Crippen LogP contribution in [-0.4, -0.2) is 99.8 Å². The van der Waals surface area contributed by atoms with Crippen molar-refractivity contribution < 1.29 is 56.6 Å². The van der Waals surface area contributed by atoms with Crippen LogP contribution in [0.4, 0.5) is 5.69 Å². The summed E-state index contributed by atoms with van der Waals surface area (Å²) in [7, 11) is 4.50. The Balaban J connectivity index is 1.15. The molecule has 89 heavy (non-hydrogen) atoms. The van der Waals surface area contributed by atoms with Gasteiger partial charge in [-0.1, -0.05) is 127 Å². The molecule has 2 aliphatic rings. The number of para-hydroxylation sites is 1. The second-order valence-corrected chi connectivity index (χ2v) is 23.4. The zero-order valence-electron chi connectivity index (χ0n) is 51.2. The summed E-state index contributed by atoms with van der Waals surface area (Å²) in [5.41, 5.74) is 1.91. The van der Waals surface area contributed by atoms with Gasteiger partial charge in [-0.3, -0.25) is 19.3 Å². The van der Waals surface area contributed by atoms with Crippen LogP contribution in [0.1, 0.15) is 106 Å². The molecule has 1 saturated heterocycles. The number of nitrogens with one attached hydrogen (secondary N) is 1. The Morgan fingerprint density at radius 3 is 1.57 bits per heavy atom. The lowest BCUT2D eigenvalue weighted by molar-refractivity contribution is -0.118. The largest absolute Gasteiger partial charge is 0.497 e. The van der Waals surface area contributed by atoms with E-state index in [-0.39, 0.29) is 61.6 Å². The van der Waals surface area contributed by atoms with Crippen molar-refractivity contribution in [3.63, 3.8) is 0 Å². The Bertz CT molecular complexity index is 3620. The van der Waals surface area contributed by atoms with Crippen LogP contribution in [0.15, 0.2) is 200 Å². The molecule has 2 aliphatic heterocycles. The molecule has 0 aliphatic carbocycles. The molecule has 1 fully saturated rings. The summed E-state index contributed by atoms with van der Waals surface area (Å²) >= 11 is 0. The molecule has 1 N–H and O–H groups in total. The minimum Gasteiger partial charge on any atom is -0.497 e. The van der Waals surface area contributed by atoms with Crippen molar-refractivity contribution in [1.82, 2.24) is 9.57 Å². The molecule has 4 atom stereocenters. The zero-order valence-corrected chi connectivity index (χ0v) is 52.1. The summed E-state index contributed by atoms with van der Waals surface area (Å²) in [5, 5.41) is 12.8. The van der Waals surface area contributed by atoms with Gasteiger partial charge in [-0.15, -0.1) is 0 Å². The number of imide groups is 1. The van der Waals surface area contributed by atoms with Crippen molar-refractivity contribution in [1.29, 1.82) is 5.26 Å². The molecule has 10 rings (SSSR count). The van der Waals surface area contributed by atoms with Crippen LogP contribution < -0.4 is 29.0 Å². The third kappa shape index (κ3) is 13.1. The Morgan fingerprint density at radius 2 is 1.09 bits per heavy atom. The number of nitrogens with zero attached hydrogens (tertiary/aromatic N) is 3. The highest BCUT2D eigenvalue weighted by Crippen LogP contribution is 2.54. The van der Waals surface area contributed by atoms with E-state index in [0.29, 0.717) is 51.0 Å². The van der Waals surface area contributed by atoms with Crippen molar-refractivity contribution in [3.8, 4) is 34.8 Å². The number of amides is 3. The number of benzene rings is 8. The molecule has 0 spiro atoms. The Hall–Kier alpha value is -8.91. The van der Waals surface area contributed by atoms with Crippen LogP contribution in [0.5, 0.6) is 28.7 Å². The van der Waals surface area contributed by atoms with E-state index in [0.717, 1.165) is 16.7 Å². The van der Waals surface area contributed by atoms with E-state index in [1.165, 1.54) is 4.90 Å². The lowest BCUT2D eigenvalue weighted by Gasteiger charge is -2.42. The summed E-state index contributed by atoms with van der Waals surface area (Å²) in [4.78, 5) is 48.2. The van der Waals surface area contributed by atoms with Gasteiger partial charge in [0, 0.05) is 24.2 Å². The first-order valence-electron chi connectivity index (χ1n) is 29.6. The SMILES string of the molecule is COc1ccc(C(OC[C@H]2O[C@@H](c3cc(NC(=O)COc4ccccc4)cc4c3C(=O)N(C(c3ccccc3)(c3ccc(OC)cc3)c3ccc(OC)cc3)C4=O)C[C@@H]2OP(OCCC#N)N(C(C)C)C(C)C)(c2ccccc2)c2ccc(OC)cc2)cc1. The smallest absolute Gasteiger partial charge is 0.263 e. The summed E-state index contributed by atoms with van der Waals surface area (Å²) in [6.07, 6.45) is -2.46. The average molecular weight is 1220 g/mol. The molecule has 0 saturated carbocycles. The number of carbonyl (C=O) groups is 3. The summed E-state index contributed by atoms with van der Waals surface area (Å²) in [5.74, 6) is 1.17. The number of rotatable bonds is 27. The number of anilines is 1. The van der Waals surface area contributed by atoms with Gasteiger partial charge in [-0.2, -0.15) is 5.26 Å². The number of fused-ring (bicyclic) bond motifs is 1. The predicted octanol–water partition coefficient (Wildman–Crippen LogP) is 13.8. The van der Waals surface area contributed by atoms with Crippen LogP contribution in [-0.2, 0) is 34.5 Å². The number of nitriles is 1. The summed E-state index contributed by atoms with van der Waals surface area (Å²) in [6, 6.07) is 63.7. The third-order valence-electron chi connectivity index (χ3n) is 16.0. The highest BCUT2D eigenvalue weighted by molar-refractivity contribution is 7.44. The predicted molar refractivity (Wildman–Crippen MR) is 340 cm³/mol. The van der Waals surface area contributed by atoms with E-state index in [4.69, 9.17) is 42.2 Å². The van der Waals surface area contributed by atoms with Crippen molar-refractivity contribution >= 4 is 31.9 Å². The third-order valence-corrected chi connectivity index (χ3v) is 18.2. The highest BCUT2D eigenvalue weighted by Gasteiger charge is 2.55. The maximum atomic E-state index is 16.5. The lowest BCUT2D eigenvalue weighted by Crippen LogP contribution is -2.51. The molecule has 0 bridgehead atoms. The molecule has 3 amide bonds. The Labute approximate surface area is 521 Å². The second kappa shape index (κ2) is 28.5. The van der Waals surface area contributed by atoms with E-state index >= 15 is 9.59 Å². The molecule has 0 radical (unpaired) electrons. The van der Waals surface area contributed by atoms with Crippen LogP contribution in [0.2, 0.25) is 0 Å². The van der Waals surface area contributed by atoms with Gasteiger partial charge in [0.15, 0.2) is 6.61 Å². The minimum atomic E-state index is -1.89. The van der Waals surface area contributed by atoms with Gasteiger partial charge >= 0.3 is 0 Å². The zero-order chi connectivity index (χ0) is 62.7. The van der Waals surface area contributed by atoms with Crippen molar-refractivity contribution in [2.75, 3.05) is 53.6 Å². The number of methoxy groups -OCH3 is 4. The Morgan fingerprint density at radius 1 is 0.629 bits per heavy atom. The molecule has 458 valence electrons. The highest BCUT2D eigenvalue weighted by atomic mass is 31.2. The van der Waals surface area contributed by atoms with E-state index in [2.05, 4.69) is 43.8 Å². The number of hydrogen-bond donors (Lipinski definition) is 1. The summed E-state index contributed by atoms with van der Waals surface area (Å²) in [6.45, 7) is 7.90. The van der Waals surface area contributed by atoms with Crippen LogP contribution >= 0.6 is 8.53 Å². The molecule has 1 unspecified atom stereocenters. The molecule has 8 aromatic rings. The first-order chi connectivity index (χ1) is 43.3. The van der Waals surface area contributed by atoms with Gasteiger partial charge in [0.25, 0.3) is 26.2 Å². The van der Waals surface area contributed by atoms with Gasteiger partial charge < -0.3 is 47.5 Å². The first-order valence-corrected chi connectivity index (χ1v) is 30.7. The van der Waals surface area contributed by atoms with E-state index in [1.54, 1.807) is 77.0 Å². The second-order valence-electron chi connectivity index (χ2n) is 22.0. The molecule has 17 heteroatoms. The number of hydrogen-bond acceptors (Lipinski definition) is 14. The number of ether oxygens (including phenoxy) is 7. The van der Waals surface area contributed by atoms with Gasteiger partial charge in [-0.25, -0.2) is 4.67 Å². The maximum Gasteiger partial charge on any atom is 0.263 e. The van der Waals surface area contributed by atoms with Crippen molar-refractivity contribution in [3.05, 3.63) is 250 Å². The van der Waals surface area contributed by atoms with Crippen LogP contribution in [0.3, 0.4) is 0 Å². The standard InChI is InChI=1S/C72H73N4O12P/c1-48(2)76(49(3)4)89(86-42-18-41-73)88-65-45-64(87-66(65)46-85-72(53-21-14-10-15-22-53,54-29-37-59(82-7)38-30-54)55-31-39-60(83-8)40-32-55)62-43-56(74-67(77)47-84-61-23-16-11-17-24-61)44-63-68(62)70(79)75(69(63)78)71(50-19-12-9-13-20-50,51-25-33-57(80-5)34-26-51)52-27-35-58(81-6)36-28-52/h9-17,19-40,43-44,48-49,64-66H,18,42,45-47H2,1-8H3,(H,74,77)/t64-,65+,66-,89?/m1/s1. The quantitative estimate of drug-likeness (QED) is 0.0223. The van der Waals surface area contributed by atoms with E-state index in [9.17, 15) is 10.1 Å². The minimum absolute atomic E-state index is 0.0323. The molecule has 8 aromatic carbocycles. The van der Waals surface area contributed by atoms with Gasteiger partial charge in [-0.05, 0) is 139 Å². The molecular weight excluding hydrogens is 1140 g/mol. The Kier molecular flexibility index (Phi) is 20.2. The average Bonchev–Trinajstić information content (AvgIpc) is 1.71. The molecule has 0 aromatic heterocycles. The topological polar surface area (TPSA) is 177 Å². The first kappa shape index (κ1) is 63.1.